The van der Waals surface area contributed by atoms with Gasteiger partial charge in [0.1, 0.15) is 17.6 Å². The summed E-state index contributed by atoms with van der Waals surface area (Å²) in [6.45, 7) is 3.57. The van der Waals surface area contributed by atoms with E-state index in [1.54, 1.807) is 12.1 Å². The molecule has 1 aliphatic heterocycles. The fourth-order valence-electron chi connectivity index (χ4n) is 4.32. The third-order valence-corrected chi connectivity index (χ3v) is 5.74. The first-order valence-corrected chi connectivity index (χ1v) is 10.1. The Bertz CT molecular complexity index is 727. The molecule has 0 radical (unpaired) electrons. The number of hydrogen-bond acceptors (Lipinski definition) is 3. The van der Waals surface area contributed by atoms with Gasteiger partial charge < -0.3 is 15.0 Å². The number of halogens is 1. The van der Waals surface area contributed by atoms with Gasteiger partial charge in [-0.3, -0.25) is 14.5 Å². The summed E-state index contributed by atoms with van der Waals surface area (Å²) in [7, 11) is 4.02. The minimum absolute atomic E-state index is 0.0128. The molecule has 1 aliphatic carbocycles. The van der Waals surface area contributed by atoms with E-state index < -0.39 is 23.5 Å². The molecule has 2 aliphatic rings. The van der Waals surface area contributed by atoms with Gasteiger partial charge in [0, 0.05) is 0 Å². The van der Waals surface area contributed by atoms with Crippen LogP contribution < -0.4 is 10.2 Å². The zero-order chi connectivity index (χ0) is 20.3. The van der Waals surface area contributed by atoms with E-state index in [-0.39, 0.29) is 18.1 Å². The Morgan fingerprint density at radius 1 is 1.36 bits per heavy atom. The number of nitrogens with one attached hydrogen (secondary N) is 2. The van der Waals surface area contributed by atoms with Crippen molar-refractivity contribution >= 4 is 11.8 Å². The quantitative estimate of drug-likeness (QED) is 0.781. The average Bonchev–Trinajstić information content (AvgIpc) is 2.99. The number of rotatable bonds is 5. The molecule has 0 bridgehead atoms. The first-order valence-electron chi connectivity index (χ1n) is 10.1. The lowest BCUT2D eigenvalue weighted by molar-refractivity contribution is -0.856. The number of amides is 2. The lowest BCUT2D eigenvalue weighted by Crippen LogP contribution is -3.06. The van der Waals surface area contributed by atoms with E-state index in [9.17, 15) is 14.0 Å². The van der Waals surface area contributed by atoms with Crippen molar-refractivity contribution in [3.05, 3.63) is 35.6 Å². The number of benzene rings is 1. The predicted octanol–water partition coefficient (Wildman–Crippen LogP) is 0.834. The van der Waals surface area contributed by atoms with Crippen LogP contribution >= 0.6 is 0 Å². The molecule has 3 atom stereocenters. The van der Waals surface area contributed by atoms with Crippen LogP contribution in [0.4, 0.5) is 4.39 Å². The standard InChI is InChI=1S/C21H30FN3O3/c1-15-7-6-10-21(13-15)25(20(27)16-8-4-5-9-17(16)22)18(14-28-21)19(26)23-11-12-24(2)3/h4-5,8-9,15,18H,6-7,10-14H2,1-3H3,(H,23,26)/p+1/t15-,18+,21-/m1/s1. The highest BCUT2D eigenvalue weighted by Crippen LogP contribution is 2.43. The van der Waals surface area contributed by atoms with Crippen LogP contribution in [-0.2, 0) is 9.53 Å². The number of likely N-dealkylation sites (N-methyl/N-ethyl adjacent to an activating group) is 1. The molecule has 154 valence electrons. The first-order chi connectivity index (χ1) is 13.3. The molecule has 3 rings (SSSR count). The molecule has 1 heterocycles. The SMILES string of the molecule is C[C@@H]1CCC[C@]2(C1)OC[C@@H](C(=O)NCC[NH+](C)C)N2C(=O)c1ccccc1F. The average molecular weight is 392 g/mol. The van der Waals surface area contributed by atoms with E-state index in [2.05, 4.69) is 12.2 Å². The minimum Gasteiger partial charge on any atom is -0.353 e. The Hall–Kier alpha value is -1.99. The van der Waals surface area contributed by atoms with Gasteiger partial charge in [-0.05, 0) is 37.3 Å². The highest BCUT2D eigenvalue weighted by molar-refractivity contribution is 5.98. The number of hydrogen-bond donors (Lipinski definition) is 2. The molecule has 2 N–H and O–H groups in total. The van der Waals surface area contributed by atoms with Gasteiger partial charge in [0.25, 0.3) is 5.91 Å². The van der Waals surface area contributed by atoms with E-state index in [1.165, 1.54) is 21.9 Å². The topological polar surface area (TPSA) is 63.1 Å². The van der Waals surface area contributed by atoms with Crippen molar-refractivity contribution in [2.45, 2.75) is 44.4 Å². The van der Waals surface area contributed by atoms with Gasteiger partial charge in [0.15, 0.2) is 0 Å². The van der Waals surface area contributed by atoms with E-state index in [0.29, 0.717) is 25.3 Å². The Morgan fingerprint density at radius 3 is 2.79 bits per heavy atom. The summed E-state index contributed by atoms with van der Waals surface area (Å²) in [6.07, 6.45) is 3.32. The van der Waals surface area contributed by atoms with E-state index in [1.807, 2.05) is 14.1 Å². The Balaban J connectivity index is 1.88. The predicted molar refractivity (Wildman–Crippen MR) is 103 cm³/mol. The molecule has 1 saturated heterocycles. The number of quaternary nitrogens is 1. The van der Waals surface area contributed by atoms with Crippen LogP contribution in [0.5, 0.6) is 0 Å². The van der Waals surface area contributed by atoms with Gasteiger partial charge in [0.2, 0.25) is 5.91 Å². The van der Waals surface area contributed by atoms with Crippen LogP contribution in [-0.4, -0.2) is 62.3 Å². The molecule has 28 heavy (non-hydrogen) atoms. The summed E-state index contributed by atoms with van der Waals surface area (Å²) in [5.74, 6) is -0.901. The van der Waals surface area contributed by atoms with Crippen LogP contribution in [0.3, 0.4) is 0 Å². The van der Waals surface area contributed by atoms with Crippen molar-refractivity contribution in [2.24, 2.45) is 5.92 Å². The maximum atomic E-state index is 14.4. The number of carbonyl (C=O) groups excluding carboxylic acids is 2. The second kappa shape index (κ2) is 8.57. The third-order valence-electron chi connectivity index (χ3n) is 5.74. The summed E-state index contributed by atoms with van der Waals surface area (Å²) in [5.41, 5.74) is -0.840. The largest absolute Gasteiger partial charge is 0.353 e. The van der Waals surface area contributed by atoms with Gasteiger partial charge in [-0.25, -0.2) is 4.39 Å². The third kappa shape index (κ3) is 4.20. The molecule has 1 saturated carbocycles. The highest BCUT2D eigenvalue weighted by atomic mass is 19.1. The van der Waals surface area contributed by atoms with Crippen molar-refractivity contribution in [1.82, 2.24) is 10.2 Å². The van der Waals surface area contributed by atoms with Crippen molar-refractivity contribution in [3.63, 3.8) is 0 Å². The zero-order valence-electron chi connectivity index (χ0n) is 17.0. The summed E-state index contributed by atoms with van der Waals surface area (Å²) >= 11 is 0. The minimum atomic E-state index is -0.828. The smallest absolute Gasteiger partial charge is 0.259 e. The molecule has 2 fully saturated rings. The lowest BCUT2D eigenvalue weighted by Gasteiger charge is -2.43. The Morgan fingerprint density at radius 2 is 2.11 bits per heavy atom. The van der Waals surface area contributed by atoms with E-state index in [4.69, 9.17) is 4.74 Å². The van der Waals surface area contributed by atoms with Gasteiger partial charge >= 0.3 is 0 Å². The summed E-state index contributed by atoms with van der Waals surface area (Å²) < 4.78 is 20.5. The number of carbonyl (C=O) groups is 2. The van der Waals surface area contributed by atoms with Crippen LogP contribution in [0, 0.1) is 11.7 Å². The monoisotopic (exact) mass is 392 g/mol. The van der Waals surface area contributed by atoms with Crippen molar-refractivity contribution < 1.29 is 23.6 Å². The fourth-order valence-corrected chi connectivity index (χ4v) is 4.32. The second-order valence-corrected chi connectivity index (χ2v) is 8.38. The molecule has 2 amide bonds. The van der Waals surface area contributed by atoms with Gasteiger partial charge in [-0.15, -0.1) is 0 Å². The summed E-state index contributed by atoms with van der Waals surface area (Å²) in [6, 6.07) is 5.20. The number of ether oxygens (including phenoxy) is 1. The van der Waals surface area contributed by atoms with Crippen molar-refractivity contribution in [1.29, 1.82) is 0 Å². The zero-order valence-corrected chi connectivity index (χ0v) is 17.0. The van der Waals surface area contributed by atoms with Gasteiger partial charge in [-0.2, -0.15) is 0 Å². The lowest BCUT2D eigenvalue weighted by atomic mass is 9.83. The van der Waals surface area contributed by atoms with E-state index in [0.717, 1.165) is 19.4 Å². The van der Waals surface area contributed by atoms with Crippen LogP contribution in [0.25, 0.3) is 0 Å². The molecule has 1 spiro atoms. The second-order valence-electron chi connectivity index (χ2n) is 8.38. The maximum absolute atomic E-state index is 14.4. The molecule has 0 aromatic heterocycles. The molecular weight excluding hydrogens is 361 g/mol. The van der Waals surface area contributed by atoms with Crippen LogP contribution in [0.1, 0.15) is 43.0 Å². The summed E-state index contributed by atoms with van der Waals surface area (Å²) in [4.78, 5) is 29.0. The van der Waals surface area contributed by atoms with Crippen LogP contribution in [0.2, 0.25) is 0 Å². The van der Waals surface area contributed by atoms with Gasteiger partial charge in [0.05, 0.1) is 39.4 Å². The normalized spacial score (nSPS) is 27.4. The Kier molecular flexibility index (Phi) is 6.35. The molecule has 0 unspecified atom stereocenters. The Labute approximate surface area is 166 Å². The summed E-state index contributed by atoms with van der Waals surface area (Å²) in [5, 5.41) is 2.91. The highest BCUT2D eigenvalue weighted by Gasteiger charge is 2.54. The molecule has 6 nitrogen and oxygen atoms in total. The van der Waals surface area contributed by atoms with Crippen LogP contribution in [0.15, 0.2) is 24.3 Å². The van der Waals surface area contributed by atoms with Gasteiger partial charge in [-0.1, -0.05) is 25.5 Å². The molecular formula is C21H31FN3O3+. The van der Waals surface area contributed by atoms with E-state index >= 15 is 0 Å². The first kappa shape index (κ1) is 20.7. The fraction of sp³-hybridized carbons (Fsp3) is 0.619. The molecule has 1 aromatic carbocycles. The van der Waals surface area contributed by atoms with Crippen molar-refractivity contribution in [2.75, 3.05) is 33.8 Å². The maximum Gasteiger partial charge on any atom is 0.259 e. The molecule has 1 aromatic rings. The molecule has 7 heteroatoms. The number of nitrogens with zero attached hydrogens (tertiary/aromatic N) is 1. The van der Waals surface area contributed by atoms with Crippen molar-refractivity contribution in [3.8, 4) is 0 Å².